The van der Waals surface area contributed by atoms with E-state index in [1.807, 2.05) is 0 Å². The van der Waals surface area contributed by atoms with Crippen molar-refractivity contribution in [3.8, 4) is 11.5 Å². The highest BCUT2D eigenvalue weighted by Crippen LogP contribution is 2.37. The van der Waals surface area contributed by atoms with Crippen molar-refractivity contribution in [1.29, 1.82) is 0 Å². The van der Waals surface area contributed by atoms with E-state index < -0.39 is 18.2 Å². The lowest BCUT2D eigenvalue weighted by molar-refractivity contribution is -0.154. The molecule has 1 heterocycles. The molecular weight excluding hydrogens is 204 g/mol. The van der Waals surface area contributed by atoms with Crippen LogP contribution in [0.5, 0.6) is 11.5 Å². The maximum absolute atomic E-state index is 10.8. The highest BCUT2D eigenvalue weighted by atomic mass is 16.7. The molecule has 0 radical (unpaired) electrons. The molecule has 0 saturated carbocycles. The molecule has 78 valence electrons. The van der Waals surface area contributed by atoms with E-state index in [9.17, 15) is 9.59 Å². The first-order valence-electron chi connectivity index (χ1n) is 4.02. The number of fused-ring (bicyclic) bond motifs is 1. The summed E-state index contributed by atoms with van der Waals surface area (Å²) in [6.45, 7) is 0. The minimum Gasteiger partial charge on any atom is -0.478 e. The molecule has 1 aromatic carbocycles. The third-order valence-electron chi connectivity index (χ3n) is 1.87. The summed E-state index contributed by atoms with van der Waals surface area (Å²) in [5, 5.41) is 17.4. The lowest BCUT2D eigenvalue weighted by atomic mass is 10.2. The monoisotopic (exact) mass is 210 g/mol. The normalized spacial score (nSPS) is 17.5. The predicted molar refractivity (Wildman–Crippen MR) is 46.1 cm³/mol. The van der Waals surface area contributed by atoms with Crippen LogP contribution in [0.3, 0.4) is 0 Å². The Balaban J connectivity index is 2.41. The first kappa shape index (κ1) is 9.32. The average Bonchev–Trinajstić information content (AvgIpc) is 2.60. The van der Waals surface area contributed by atoms with E-state index in [4.69, 9.17) is 19.7 Å². The lowest BCUT2D eigenvalue weighted by Gasteiger charge is -2.03. The molecule has 0 fully saturated rings. The zero-order valence-electron chi connectivity index (χ0n) is 7.34. The Morgan fingerprint density at radius 3 is 2.53 bits per heavy atom. The topological polar surface area (TPSA) is 93.1 Å². The van der Waals surface area contributed by atoms with Crippen molar-refractivity contribution < 1.29 is 29.3 Å². The van der Waals surface area contributed by atoms with Crippen molar-refractivity contribution in [2.24, 2.45) is 0 Å². The molecule has 6 nitrogen and oxygen atoms in total. The van der Waals surface area contributed by atoms with Crippen LogP contribution < -0.4 is 9.47 Å². The first-order valence-corrected chi connectivity index (χ1v) is 4.02. The second-order valence-electron chi connectivity index (χ2n) is 2.84. The van der Waals surface area contributed by atoms with E-state index in [0.29, 0.717) is 0 Å². The molecule has 1 aromatic rings. The maximum Gasteiger partial charge on any atom is 0.387 e. The maximum atomic E-state index is 10.8. The van der Waals surface area contributed by atoms with Crippen LogP contribution in [0.4, 0.5) is 0 Å². The number of para-hydroxylation sites is 1. The summed E-state index contributed by atoms with van der Waals surface area (Å²) in [5.41, 5.74) is -0.115. The van der Waals surface area contributed by atoms with E-state index in [2.05, 4.69) is 0 Å². The fourth-order valence-electron chi connectivity index (χ4n) is 1.25. The molecule has 15 heavy (non-hydrogen) atoms. The Labute approximate surface area is 83.7 Å². The highest BCUT2D eigenvalue weighted by molar-refractivity contribution is 5.92. The number of benzene rings is 1. The van der Waals surface area contributed by atoms with E-state index in [0.717, 1.165) is 0 Å². The van der Waals surface area contributed by atoms with Gasteiger partial charge in [0.1, 0.15) is 5.56 Å². The molecular formula is C9H6O6. The van der Waals surface area contributed by atoms with Crippen LogP contribution in [0.2, 0.25) is 0 Å². The zero-order valence-corrected chi connectivity index (χ0v) is 7.34. The summed E-state index contributed by atoms with van der Waals surface area (Å²) in [6, 6.07) is 4.22. The Morgan fingerprint density at radius 1 is 1.20 bits per heavy atom. The van der Waals surface area contributed by atoms with Crippen molar-refractivity contribution in [3.63, 3.8) is 0 Å². The third-order valence-corrected chi connectivity index (χ3v) is 1.87. The molecule has 2 N–H and O–H groups in total. The van der Waals surface area contributed by atoms with Crippen molar-refractivity contribution in [2.45, 2.75) is 6.29 Å². The number of aromatic carboxylic acids is 1. The number of aliphatic carboxylic acids is 1. The molecule has 1 unspecified atom stereocenters. The molecule has 0 spiro atoms. The predicted octanol–water partition coefficient (Wildman–Crippen LogP) is 0.567. The molecule has 0 amide bonds. The molecule has 6 heteroatoms. The average molecular weight is 210 g/mol. The molecule has 0 saturated heterocycles. The summed E-state index contributed by atoms with van der Waals surface area (Å²) < 4.78 is 9.73. The van der Waals surface area contributed by atoms with Crippen LogP contribution in [0, 0.1) is 0 Å². The number of carboxylic acid groups (broad SMARTS) is 2. The minimum absolute atomic E-state index is 0.0441. The number of carbonyl (C=O) groups is 2. The number of hydrogen-bond donors (Lipinski definition) is 2. The Bertz CT molecular complexity index is 438. The minimum atomic E-state index is -1.47. The van der Waals surface area contributed by atoms with Gasteiger partial charge in [-0.2, -0.15) is 0 Å². The molecule has 0 aliphatic carbocycles. The van der Waals surface area contributed by atoms with Gasteiger partial charge in [0.2, 0.25) is 0 Å². The standard InChI is InChI=1S/C9H6O6/c10-7(11)4-2-1-3-5-6(4)15-9(14-5)8(12)13/h1-3,9H,(H,10,11)(H,12,13). The fraction of sp³-hybridized carbons (Fsp3) is 0.111. The smallest absolute Gasteiger partial charge is 0.387 e. The lowest BCUT2D eigenvalue weighted by Crippen LogP contribution is -2.28. The van der Waals surface area contributed by atoms with Gasteiger partial charge in [0.05, 0.1) is 0 Å². The van der Waals surface area contributed by atoms with Crippen LogP contribution in [-0.4, -0.2) is 28.4 Å². The Kier molecular flexibility index (Phi) is 1.96. The zero-order chi connectivity index (χ0) is 11.0. The SMILES string of the molecule is O=C(O)c1cccc2c1OC(C(=O)O)O2. The van der Waals surface area contributed by atoms with Gasteiger partial charge in [-0.1, -0.05) is 6.07 Å². The number of rotatable bonds is 2. The van der Waals surface area contributed by atoms with Gasteiger partial charge >= 0.3 is 18.2 Å². The molecule has 0 aromatic heterocycles. The summed E-state index contributed by atoms with van der Waals surface area (Å²) in [7, 11) is 0. The molecule has 1 aliphatic heterocycles. The van der Waals surface area contributed by atoms with Gasteiger partial charge in [0.15, 0.2) is 11.5 Å². The quantitative estimate of drug-likeness (QED) is 0.741. The fourth-order valence-corrected chi connectivity index (χ4v) is 1.25. The number of hydrogen-bond acceptors (Lipinski definition) is 4. The number of carboxylic acids is 2. The van der Waals surface area contributed by atoms with Gasteiger partial charge < -0.3 is 19.7 Å². The molecule has 1 atom stereocenters. The molecule has 1 aliphatic rings. The summed E-state index contributed by atoms with van der Waals surface area (Å²) in [6.07, 6.45) is -1.47. The van der Waals surface area contributed by atoms with Crippen molar-refractivity contribution >= 4 is 11.9 Å². The van der Waals surface area contributed by atoms with E-state index >= 15 is 0 Å². The summed E-state index contributed by atoms with van der Waals surface area (Å²) in [4.78, 5) is 21.3. The second-order valence-corrected chi connectivity index (χ2v) is 2.84. The third kappa shape index (κ3) is 1.45. The van der Waals surface area contributed by atoms with Crippen molar-refractivity contribution in [2.75, 3.05) is 0 Å². The largest absolute Gasteiger partial charge is 0.478 e. The van der Waals surface area contributed by atoms with Gasteiger partial charge in [-0.3, -0.25) is 0 Å². The van der Waals surface area contributed by atoms with Gasteiger partial charge in [-0.25, -0.2) is 9.59 Å². The van der Waals surface area contributed by atoms with Gasteiger partial charge in [0.25, 0.3) is 0 Å². The van der Waals surface area contributed by atoms with E-state index in [1.165, 1.54) is 18.2 Å². The van der Waals surface area contributed by atoms with Crippen LogP contribution in [0.25, 0.3) is 0 Å². The second kappa shape index (κ2) is 3.16. The molecule has 2 rings (SSSR count). The van der Waals surface area contributed by atoms with Crippen LogP contribution >= 0.6 is 0 Å². The van der Waals surface area contributed by atoms with Crippen LogP contribution in [-0.2, 0) is 4.79 Å². The summed E-state index contributed by atoms with van der Waals surface area (Å²) in [5.74, 6) is -2.41. The van der Waals surface area contributed by atoms with Crippen LogP contribution in [0.1, 0.15) is 10.4 Å². The van der Waals surface area contributed by atoms with E-state index in [1.54, 1.807) is 0 Å². The van der Waals surface area contributed by atoms with Gasteiger partial charge in [-0.05, 0) is 12.1 Å². The summed E-state index contributed by atoms with van der Waals surface area (Å²) >= 11 is 0. The van der Waals surface area contributed by atoms with Crippen molar-refractivity contribution in [3.05, 3.63) is 23.8 Å². The van der Waals surface area contributed by atoms with Crippen LogP contribution in [0.15, 0.2) is 18.2 Å². The first-order chi connectivity index (χ1) is 7.09. The highest BCUT2D eigenvalue weighted by Gasteiger charge is 2.33. The number of ether oxygens (including phenoxy) is 2. The van der Waals surface area contributed by atoms with Gasteiger partial charge in [0, 0.05) is 0 Å². The Morgan fingerprint density at radius 2 is 1.93 bits per heavy atom. The van der Waals surface area contributed by atoms with E-state index in [-0.39, 0.29) is 17.1 Å². The molecule has 0 bridgehead atoms. The van der Waals surface area contributed by atoms with Gasteiger partial charge in [-0.15, -0.1) is 0 Å². The van der Waals surface area contributed by atoms with Crippen molar-refractivity contribution in [1.82, 2.24) is 0 Å². The Hall–Kier alpha value is -2.24.